The zero-order chi connectivity index (χ0) is 19.4. The molecule has 7 heteroatoms. The third-order valence-electron chi connectivity index (χ3n) is 4.22. The van der Waals surface area contributed by atoms with Crippen LogP contribution in [0.3, 0.4) is 0 Å². The van der Waals surface area contributed by atoms with Crippen LogP contribution >= 0.6 is 0 Å². The number of anilines is 1. The molecule has 0 fully saturated rings. The highest BCUT2D eigenvalue weighted by Gasteiger charge is 2.10. The predicted molar refractivity (Wildman–Crippen MR) is 102 cm³/mol. The number of aromatic amines is 1. The molecule has 3 aromatic rings. The van der Waals surface area contributed by atoms with Crippen LogP contribution in [0, 0.1) is 0 Å². The van der Waals surface area contributed by atoms with Gasteiger partial charge in [-0.15, -0.1) is 0 Å². The average molecular weight is 365 g/mol. The molecule has 1 aromatic heterocycles. The first-order valence-corrected chi connectivity index (χ1v) is 8.50. The summed E-state index contributed by atoms with van der Waals surface area (Å²) in [5.74, 6) is -0.512. The van der Waals surface area contributed by atoms with Crippen LogP contribution in [0.15, 0.2) is 47.3 Å². The molecule has 27 heavy (non-hydrogen) atoms. The van der Waals surface area contributed by atoms with Crippen molar-refractivity contribution < 1.29 is 14.3 Å². The minimum Gasteiger partial charge on any atom is -0.465 e. The standard InChI is InChI=1S/C20H19N3O4/c1-3-18(24)21-14-8-9-15-16(11-14)19(25)23-22-17(15)10-12-4-6-13(7-5-12)20(26)27-2/h4-9,11H,3,10H2,1-2H3,(H,21,24)(H,23,25). The molecule has 0 unspecified atom stereocenters. The summed E-state index contributed by atoms with van der Waals surface area (Å²) in [5.41, 5.74) is 2.36. The summed E-state index contributed by atoms with van der Waals surface area (Å²) >= 11 is 0. The maximum absolute atomic E-state index is 12.2. The Labute approximate surface area is 155 Å². The molecule has 0 saturated heterocycles. The molecule has 138 valence electrons. The number of carbonyl (C=O) groups is 2. The lowest BCUT2D eigenvalue weighted by atomic mass is 10.0. The van der Waals surface area contributed by atoms with Gasteiger partial charge in [-0.1, -0.05) is 25.1 Å². The second kappa shape index (κ2) is 7.82. The number of fused-ring (bicyclic) bond motifs is 1. The molecule has 0 saturated carbocycles. The molecular formula is C20H19N3O4. The largest absolute Gasteiger partial charge is 0.465 e. The van der Waals surface area contributed by atoms with Crippen molar-refractivity contribution in [2.24, 2.45) is 0 Å². The van der Waals surface area contributed by atoms with Gasteiger partial charge in [-0.05, 0) is 29.8 Å². The van der Waals surface area contributed by atoms with E-state index in [0.29, 0.717) is 40.6 Å². The summed E-state index contributed by atoms with van der Waals surface area (Å²) < 4.78 is 4.69. The van der Waals surface area contributed by atoms with E-state index in [-0.39, 0.29) is 11.5 Å². The highest BCUT2D eigenvalue weighted by atomic mass is 16.5. The van der Waals surface area contributed by atoms with Crippen molar-refractivity contribution in [1.82, 2.24) is 10.2 Å². The predicted octanol–water partition coefficient (Wildman–Crippen LogP) is 2.65. The van der Waals surface area contributed by atoms with Gasteiger partial charge in [0.2, 0.25) is 5.91 Å². The fourth-order valence-electron chi connectivity index (χ4n) is 2.75. The highest BCUT2D eigenvalue weighted by molar-refractivity contribution is 5.94. The number of aromatic nitrogens is 2. The molecule has 1 heterocycles. The topological polar surface area (TPSA) is 101 Å². The zero-order valence-electron chi connectivity index (χ0n) is 15.0. The second-order valence-corrected chi connectivity index (χ2v) is 6.03. The average Bonchev–Trinajstić information content (AvgIpc) is 2.70. The van der Waals surface area contributed by atoms with E-state index in [9.17, 15) is 14.4 Å². The molecular weight excluding hydrogens is 346 g/mol. The monoisotopic (exact) mass is 365 g/mol. The van der Waals surface area contributed by atoms with Gasteiger partial charge in [0.05, 0.1) is 23.8 Å². The van der Waals surface area contributed by atoms with Gasteiger partial charge in [-0.25, -0.2) is 9.89 Å². The molecule has 0 spiro atoms. The zero-order valence-corrected chi connectivity index (χ0v) is 15.0. The van der Waals surface area contributed by atoms with Gasteiger partial charge in [-0.3, -0.25) is 9.59 Å². The second-order valence-electron chi connectivity index (χ2n) is 6.03. The maximum atomic E-state index is 12.2. The van der Waals surface area contributed by atoms with Crippen molar-refractivity contribution in [2.45, 2.75) is 19.8 Å². The van der Waals surface area contributed by atoms with Gasteiger partial charge in [0.25, 0.3) is 5.56 Å². The maximum Gasteiger partial charge on any atom is 0.337 e. The molecule has 2 aromatic carbocycles. The Hall–Kier alpha value is -3.48. The summed E-state index contributed by atoms with van der Waals surface area (Å²) in [7, 11) is 1.34. The van der Waals surface area contributed by atoms with Gasteiger partial charge in [-0.2, -0.15) is 5.10 Å². The Morgan fingerprint density at radius 2 is 1.85 bits per heavy atom. The molecule has 0 radical (unpaired) electrons. The van der Waals surface area contributed by atoms with E-state index in [2.05, 4.69) is 15.5 Å². The lowest BCUT2D eigenvalue weighted by molar-refractivity contribution is -0.115. The number of nitrogens with zero attached hydrogens (tertiary/aromatic N) is 1. The van der Waals surface area contributed by atoms with Gasteiger partial charge in [0.15, 0.2) is 0 Å². The van der Waals surface area contributed by atoms with Crippen molar-refractivity contribution in [1.29, 1.82) is 0 Å². The lowest BCUT2D eigenvalue weighted by Crippen LogP contribution is -2.13. The smallest absolute Gasteiger partial charge is 0.337 e. The first-order valence-electron chi connectivity index (χ1n) is 8.50. The number of methoxy groups -OCH3 is 1. The van der Waals surface area contributed by atoms with E-state index < -0.39 is 5.97 Å². The molecule has 1 amide bonds. The number of esters is 1. The Morgan fingerprint density at radius 1 is 1.11 bits per heavy atom. The number of hydrogen-bond acceptors (Lipinski definition) is 5. The van der Waals surface area contributed by atoms with Crippen LogP contribution in [-0.2, 0) is 16.0 Å². The van der Waals surface area contributed by atoms with Crippen molar-refractivity contribution in [3.05, 3.63) is 69.6 Å². The van der Waals surface area contributed by atoms with E-state index in [4.69, 9.17) is 4.74 Å². The van der Waals surface area contributed by atoms with E-state index in [1.807, 2.05) is 12.1 Å². The number of nitrogens with one attached hydrogen (secondary N) is 2. The Bertz CT molecular complexity index is 1060. The third kappa shape index (κ3) is 4.03. The molecule has 2 N–H and O–H groups in total. The van der Waals surface area contributed by atoms with E-state index in [0.717, 1.165) is 5.56 Å². The first kappa shape index (κ1) is 18.3. The molecule has 7 nitrogen and oxygen atoms in total. The van der Waals surface area contributed by atoms with E-state index in [1.165, 1.54) is 7.11 Å². The van der Waals surface area contributed by atoms with Crippen LogP contribution in [0.5, 0.6) is 0 Å². The summed E-state index contributed by atoms with van der Waals surface area (Å²) in [5, 5.41) is 10.6. The van der Waals surface area contributed by atoms with E-state index >= 15 is 0 Å². The minimum absolute atomic E-state index is 0.120. The molecule has 3 rings (SSSR count). The quantitative estimate of drug-likeness (QED) is 0.677. The van der Waals surface area contributed by atoms with Gasteiger partial charge in [0, 0.05) is 23.9 Å². The number of rotatable bonds is 5. The van der Waals surface area contributed by atoms with Crippen molar-refractivity contribution >= 4 is 28.3 Å². The minimum atomic E-state index is -0.393. The molecule has 0 bridgehead atoms. The van der Waals surface area contributed by atoms with Crippen LogP contribution in [0.1, 0.15) is 35.0 Å². The fraction of sp³-hybridized carbons (Fsp3) is 0.200. The number of amides is 1. The summed E-state index contributed by atoms with van der Waals surface area (Å²) in [6.45, 7) is 1.76. The third-order valence-corrected chi connectivity index (χ3v) is 4.22. The summed E-state index contributed by atoms with van der Waals surface area (Å²) in [6.07, 6.45) is 0.840. The highest BCUT2D eigenvalue weighted by Crippen LogP contribution is 2.21. The van der Waals surface area contributed by atoms with Crippen LogP contribution < -0.4 is 10.9 Å². The number of carbonyl (C=O) groups excluding carboxylic acids is 2. The van der Waals surface area contributed by atoms with E-state index in [1.54, 1.807) is 37.3 Å². The van der Waals surface area contributed by atoms with Gasteiger partial charge >= 0.3 is 5.97 Å². The molecule has 0 aliphatic rings. The Balaban J connectivity index is 1.93. The lowest BCUT2D eigenvalue weighted by Gasteiger charge is -2.08. The Kier molecular flexibility index (Phi) is 5.30. The van der Waals surface area contributed by atoms with Gasteiger partial charge in [0.1, 0.15) is 0 Å². The molecule has 0 aliphatic heterocycles. The fourth-order valence-corrected chi connectivity index (χ4v) is 2.75. The van der Waals surface area contributed by atoms with Crippen molar-refractivity contribution in [2.75, 3.05) is 12.4 Å². The van der Waals surface area contributed by atoms with Crippen LogP contribution in [0.4, 0.5) is 5.69 Å². The molecule has 0 aliphatic carbocycles. The van der Waals surface area contributed by atoms with Gasteiger partial charge < -0.3 is 10.1 Å². The number of hydrogen-bond donors (Lipinski definition) is 2. The van der Waals surface area contributed by atoms with Crippen molar-refractivity contribution in [3.8, 4) is 0 Å². The number of ether oxygens (including phenoxy) is 1. The SMILES string of the molecule is CCC(=O)Nc1ccc2c(Cc3ccc(C(=O)OC)cc3)n[nH]c(=O)c2c1. The van der Waals surface area contributed by atoms with Crippen LogP contribution in [-0.4, -0.2) is 29.2 Å². The Morgan fingerprint density at radius 3 is 2.52 bits per heavy atom. The molecule has 0 atom stereocenters. The summed E-state index contributed by atoms with van der Waals surface area (Å²) in [4.78, 5) is 35.2. The summed E-state index contributed by atoms with van der Waals surface area (Å²) in [6, 6.07) is 12.2. The van der Waals surface area contributed by atoms with Crippen LogP contribution in [0.2, 0.25) is 0 Å². The number of H-pyrrole nitrogens is 1. The first-order chi connectivity index (χ1) is 13.0. The van der Waals surface area contributed by atoms with Crippen molar-refractivity contribution in [3.63, 3.8) is 0 Å². The normalized spacial score (nSPS) is 10.6. The van der Waals surface area contributed by atoms with Crippen LogP contribution in [0.25, 0.3) is 10.8 Å². The number of benzene rings is 2.